The van der Waals surface area contributed by atoms with Gasteiger partial charge in [-0.2, -0.15) is 0 Å². The van der Waals surface area contributed by atoms with E-state index in [9.17, 15) is 31.1 Å². The number of aromatic nitrogens is 2. The van der Waals surface area contributed by atoms with Crippen LogP contribution >= 0.6 is 31.9 Å². The Balaban J connectivity index is 0.000000260. The first-order chi connectivity index (χ1) is 19.6. The highest BCUT2D eigenvalue weighted by Gasteiger charge is 2.30. The van der Waals surface area contributed by atoms with Crippen LogP contribution in [0.1, 0.15) is 31.5 Å². The van der Waals surface area contributed by atoms with Gasteiger partial charge in [0.15, 0.2) is 0 Å². The van der Waals surface area contributed by atoms with Gasteiger partial charge < -0.3 is 20.5 Å². The predicted molar refractivity (Wildman–Crippen MR) is 153 cm³/mol. The molecule has 4 rings (SSSR count). The van der Waals surface area contributed by atoms with Gasteiger partial charge in [0, 0.05) is 48.0 Å². The van der Waals surface area contributed by atoms with Crippen molar-refractivity contribution in [3.63, 3.8) is 0 Å². The Labute approximate surface area is 254 Å². The second kappa shape index (κ2) is 14.8. The normalized spacial score (nSPS) is 14.5. The van der Waals surface area contributed by atoms with E-state index in [2.05, 4.69) is 51.6 Å². The predicted octanol–water partition coefficient (Wildman–Crippen LogP) is 7.04. The molecule has 1 saturated heterocycles. The largest absolute Gasteiger partial charge is 0.522 e. The molecule has 1 aromatic heterocycles. The first-order valence-electron chi connectivity index (χ1n) is 12.7. The number of amides is 1. The number of nitrogens with two attached hydrogens (primary N) is 1. The minimum atomic E-state index is -4.65. The van der Waals surface area contributed by atoms with E-state index in [-0.39, 0.29) is 24.9 Å². The summed E-state index contributed by atoms with van der Waals surface area (Å²) in [5, 5.41) is 2.75. The van der Waals surface area contributed by atoms with Gasteiger partial charge in [0.25, 0.3) is 0 Å². The number of carbonyl (C=O) groups is 1. The van der Waals surface area contributed by atoms with Crippen LogP contribution in [0.15, 0.2) is 45.3 Å². The third-order valence-electron chi connectivity index (χ3n) is 6.32. The summed E-state index contributed by atoms with van der Waals surface area (Å²) in [6, 6.07) is 10.6. The van der Waals surface area contributed by atoms with Gasteiger partial charge in [0.05, 0.1) is 35.6 Å². The topological polar surface area (TPSA) is 94.6 Å². The maximum Gasteiger partial charge on any atom is 0.522 e. The highest BCUT2D eigenvalue weighted by Crippen LogP contribution is 2.32. The van der Waals surface area contributed by atoms with Crippen molar-refractivity contribution in [2.45, 2.75) is 45.0 Å². The van der Waals surface area contributed by atoms with Crippen molar-refractivity contribution in [2.24, 2.45) is 0 Å². The number of fused-ring (bicyclic) bond motifs is 1. The summed E-state index contributed by atoms with van der Waals surface area (Å²) in [6.07, 6.45) is -7.76. The van der Waals surface area contributed by atoms with Crippen molar-refractivity contribution in [3.05, 3.63) is 51.2 Å². The van der Waals surface area contributed by atoms with Crippen molar-refractivity contribution in [1.82, 2.24) is 14.5 Å². The molecule has 1 aliphatic heterocycles. The van der Waals surface area contributed by atoms with Gasteiger partial charge in [-0.05, 0) is 49.2 Å². The highest BCUT2D eigenvalue weighted by molar-refractivity contribution is 9.10. The Morgan fingerprint density at radius 2 is 1.60 bits per heavy atom. The Bertz CT molecular complexity index is 1340. The molecule has 2 heterocycles. The first kappa shape index (κ1) is 33.9. The third-order valence-corrected chi connectivity index (χ3v) is 7.31. The molecule has 0 spiro atoms. The quantitative estimate of drug-likeness (QED) is 0.147. The first-order valence-corrected chi connectivity index (χ1v) is 14.3. The number of hydrogen-bond donors (Lipinski definition) is 2. The zero-order valence-electron chi connectivity index (χ0n) is 22.4. The number of anilines is 2. The van der Waals surface area contributed by atoms with Gasteiger partial charge >= 0.3 is 12.7 Å². The SMILES string of the molecule is CC(=O)N1CCC(c2nc3ccc(Br)cc3n2CCOC(F)(F)F)CC1.Nc1ccc(Br)cc1NCCOC(F)(F)F. The van der Waals surface area contributed by atoms with Crippen molar-refractivity contribution in [3.8, 4) is 0 Å². The lowest BCUT2D eigenvalue weighted by molar-refractivity contribution is -0.325. The number of hydrogen-bond acceptors (Lipinski definition) is 6. The number of rotatable bonds is 8. The molecule has 0 saturated carbocycles. The minimum Gasteiger partial charge on any atom is -0.397 e. The van der Waals surface area contributed by atoms with Crippen LogP contribution in [0.25, 0.3) is 11.0 Å². The number of nitrogens with one attached hydrogen (secondary N) is 1. The molecule has 3 N–H and O–H groups in total. The number of piperidine rings is 1. The Kier molecular flexibility index (Phi) is 11.9. The molecule has 232 valence electrons. The molecule has 16 heteroatoms. The van der Waals surface area contributed by atoms with E-state index in [0.29, 0.717) is 24.5 Å². The van der Waals surface area contributed by atoms with Crippen molar-refractivity contribution in [2.75, 3.05) is 43.9 Å². The van der Waals surface area contributed by atoms with E-state index in [4.69, 9.17) is 5.73 Å². The molecule has 0 atom stereocenters. The van der Waals surface area contributed by atoms with E-state index in [1.807, 2.05) is 18.2 Å². The minimum absolute atomic E-state index is 0.0279. The smallest absolute Gasteiger partial charge is 0.397 e. The number of benzene rings is 2. The van der Waals surface area contributed by atoms with Crippen LogP contribution in [0.4, 0.5) is 37.7 Å². The lowest BCUT2D eigenvalue weighted by Crippen LogP contribution is -2.37. The van der Waals surface area contributed by atoms with Crippen LogP contribution in [0.5, 0.6) is 0 Å². The zero-order valence-corrected chi connectivity index (χ0v) is 25.5. The maximum atomic E-state index is 12.3. The molecule has 8 nitrogen and oxygen atoms in total. The lowest BCUT2D eigenvalue weighted by atomic mass is 9.96. The van der Waals surface area contributed by atoms with Crippen molar-refractivity contribution < 1.29 is 40.6 Å². The number of carbonyl (C=O) groups excluding carboxylic acids is 1. The standard InChI is InChI=1S/C17H19BrF3N3O2.C9H10BrF3N2O/c1-11(25)23-6-4-12(5-7-23)16-22-14-3-2-13(18)10-15(14)24(16)8-9-26-17(19,20)21;10-6-1-2-7(14)8(5-6)15-3-4-16-9(11,12)13/h2-3,10,12H,4-9H2,1H3;1-2,5,15H,3-4,14H2. The number of halogens is 8. The highest BCUT2D eigenvalue weighted by atomic mass is 79.9. The summed E-state index contributed by atoms with van der Waals surface area (Å²) in [5.74, 6) is 0.897. The maximum absolute atomic E-state index is 12.3. The van der Waals surface area contributed by atoms with E-state index in [1.54, 1.807) is 34.6 Å². The van der Waals surface area contributed by atoms with Gasteiger partial charge in [-0.3, -0.25) is 14.3 Å². The van der Waals surface area contributed by atoms with Gasteiger partial charge in [-0.1, -0.05) is 31.9 Å². The Hall–Kier alpha value is -2.56. The summed E-state index contributed by atoms with van der Waals surface area (Å²) < 4.78 is 83.0. The second-order valence-electron chi connectivity index (χ2n) is 9.28. The van der Waals surface area contributed by atoms with Crippen LogP contribution in [-0.2, 0) is 20.8 Å². The summed E-state index contributed by atoms with van der Waals surface area (Å²) >= 11 is 6.63. The van der Waals surface area contributed by atoms with Crippen molar-refractivity contribution >= 4 is 60.2 Å². The molecule has 2 aromatic carbocycles. The zero-order chi connectivity index (χ0) is 31.1. The van der Waals surface area contributed by atoms with Crippen LogP contribution in [0, 0.1) is 0 Å². The Morgan fingerprint density at radius 3 is 2.21 bits per heavy atom. The summed E-state index contributed by atoms with van der Waals surface area (Å²) in [5.41, 5.74) is 8.16. The van der Waals surface area contributed by atoms with Gasteiger partial charge in [-0.25, -0.2) is 4.98 Å². The van der Waals surface area contributed by atoms with Gasteiger partial charge in [-0.15, -0.1) is 26.3 Å². The van der Waals surface area contributed by atoms with E-state index in [1.165, 1.54) is 0 Å². The van der Waals surface area contributed by atoms with Crippen LogP contribution in [-0.4, -0.2) is 65.9 Å². The van der Waals surface area contributed by atoms with Gasteiger partial charge in [0.1, 0.15) is 5.82 Å². The van der Waals surface area contributed by atoms with E-state index < -0.39 is 25.9 Å². The number of likely N-dealkylation sites (tertiary alicyclic amines) is 1. The molecule has 1 fully saturated rings. The molecule has 3 aromatic rings. The molecular formula is C26H29Br2F6N5O3. The fraction of sp³-hybridized carbons (Fsp3) is 0.462. The van der Waals surface area contributed by atoms with Gasteiger partial charge in [0.2, 0.25) is 5.91 Å². The lowest BCUT2D eigenvalue weighted by Gasteiger charge is -2.31. The van der Waals surface area contributed by atoms with Crippen molar-refractivity contribution in [1.29, 1.82) is 0 Å². The molecule has 1 aliphatic rings. The number of ether oxygens (including phenoxy) is 2. The summed E-state index contributed by atoms with van der Waals surface area (Å²) in [4.78, 5) is 17.9. The summed E-state index contributed by atoms with van der Waals surface area (Å²) in [6.45, 7) is 1.96. The molecule has 0 unspecified atom stereocenters. The molecule has 0 bridgehead atoms. The number of alkyl halides is 6. The molecule has 0 radical (unpaired) electrons. The second-order valence-corrected chi connectivity index (χ2v) is 11.1. The number of imidazole rings is 1. The molecule has 0 aliphatic carbocycles. The van der Waals surface area contributed by atoms with Crippen LogP contribution in [0.2, 0.25) is 0 Å². The monoisotopic (exact) mass is 731 g/mol. The van der Waals surface area contributed by atoms with Crippen LogP contribution in [0.3, 0.4) is 0 Å². The van der Waals surface area contributed by atoms with E-state index >= 15 is 0 Å². The fourth-order valence-electron chi connectivity index (χ4n) is 4.40. The third kappa shape index (κ3) is 10.6. The molecule has 42 heavy (non-hydrogen) atoms. The average molecular weight is 733 g/mol. The summed E-state index contributed by atoms with van der Waals surface area (Å²) in [7, 11) is 0. The number of nitrogen functional groups attached to an aromatic ring is 1. The van der Waals surface area contributed by atoms with Crippen LogP contribution < -0.4 is 11.1 Å². The molecular weight excluding hydrogens is 704 g/mol. The Morgan fingerprint density at radius 1 is 1.00 bits per heavy atom. The van der Waals surface area contributed by atoms with E-state index in [0.717, 1.165) is 38.6 Å². The number of nitrogens with zero attached hydrogens (tertiary/aromatic N) is 3. The average Bonchev–Trinajstić information content (AvgIpc) is 3.25. The molecule has 1 amide bonds. The fourth-order valence-corrected chi connectivity index (χ4v) is 5.11.